The van der Waals surface area contributed by atoms with Crippen molar-refractivity contribution < 1.29 is 8.91 Å². The highest BCUT2D eigenvalue weighted by molar-refractivity contribution is 5.58. The number of hydrogen-bond donors (Lipinski definition) is 1. The van der Waals surface area contributed by atoms with Crippen molar-refractivity contribution in [3.63, 3.8) is 0 Å². The van der Waals surface area contributed by atoms with E-state index in [9.17, 15) is 4.39 Å². The van der Waals surface area contributed by atoms with E-state index in [1.165, 1.54) is 12.1 Å². The van der Waals surface area contributed by atoms with E-state index in [1.807, 2.05) is 0 Å². The van der Waals surface area contributed by atoms with Crippen molar-refractivity contribution >= 4 is 0 Å². The molecule has 0 aliphatic rings. The van der Waals surface area contributed by atoms with Gasteiger partial charge in [-0.05, 0) is 12.1 Å². The van der Waals surface area contributed by atoms with Crippen LogP contribution in [0.2, 0.25) is 0 Å². The molecule has 72 valence electrons. The maximum absolute atomic E-state index is 12.9. The van der Waals surface area contributed by atoms with Gasteiger partial charge in [-0.1, -0.05) is 17.3 Å². The molecule has 14 heavy (non-hydrogen) atoms. The molecule has 0 aliphatic heterocycles. The van der Waals surface area contributed by atoms with Crippen LogP contribution in [0, 0.1) is 5.82 Å². The molecule has 2 rings (SSSR count). The summed E-state index contributed by atoms with van der Waals surface area (Å²) < 4.78 is 17.8. The second-order valence-corrected chi connectivity index (χ2v) is 2.89. The van der Waals surface area contributed by atoms with Crippen molar-refractivity contribution in [3.05, 3.63) is 41.9 Å². The third-order valence-corrected chi connectivity index (χ3v) is 1.88. The van der Waals surface area contributed by atoms with Crippen LogP contribution < -0.4 is 5.73 Å². The minimum absolute atomic E-state index is 0.292. The molecule has 0 fully saturated rings. The first kappa shape index (κ1) is 8.90. The Labute approximate surface area is 80.3 Å². The summed E-state index contributed by atoms with van der Waals surface area (Å²) in [6.07, 6.45) is 0. The van der Waals surface area contributed by atoms with Crippen LogP contribution in [-0.2, 0) is 6.54 Å². The number of halogens is 1. The Morgan fingerprint density at radius 1 is 1.36 bits per heavy atom. The molecular formula is C10H9FN2O. The zero-order valence-electron chi connectivity index (χ0n) is 7.40. The van der Waals surface area contributed by atoms with Crippen LogP contribution in [0.3, 0.4) is 0 Å². The fourth-order valence-corrected chi connectivity index (χ4v) is 1.19. The predicted octanol–water partition coefficient (Wildman–Crippen LogP) is 1.94. The summed E-state index contributed by atoms with van der Waals surface area (Å²) in [6.45, 7) is 0.294. The highest BCUT2D eigenvalue weighted by Crippen LogP contribution is 2.19. The van der Waals surface area contributed by atoms with Crippen LogP contribution >= 0.6 is 0 Å². The van der Waals surface area contributed by atoms with Gasteiger partial charge in [0.1, 0.15) is 11.5 Å². The molecule has 1 aromatic heterocycles. The maximum atomic E-state index is 12.9. The molecule has 2 N–H and O–H groups in total. The van der Waals surface area contributed by atoms with E-state index in [4.69, 9.17) is 10.3 Å². The lowest BCUT2D eigenvalue weighted by Crippen LogP contribution is -1.92. The molecule has 0 bridgehead atoms. The third-order valence-electron chi connectivity index (χ3n) is 1.88. The third kappa shape index (κ3) is 1.65. The lowest BCUT2D eigenvalue weighted by molar-refractivity contribution is 0.387. The number of nitrogens with zero attached hydrogens (tertiary/aromatic N) is 1. The molecule has 1 heterocycles. The van der Waals surface area contributed by atoms with E-state index >= 15 is 0 Å². The van der Waals surface area contributed by atoms with Gasteiger partial charge < -0.3 is 10.3 Å². The van der Waals surface area contributed by atoms with Gasteiger partial charge in [-0.25, -0.2) is 4.39 Å². The molecular weight excluding hydrogens is 183 g/mol. The highest BCUT2D eigenvalue weighted by atomic mass is 19.1. The van der Waals surface area contributed by atoms with E-state index in [1.54, 1.807) is 18.2 Å². The SMILES string of the molecule is NCc1cc(-c2cccc(F)c2)no1. The normalized spacial score (nSPS) is 10.4. The van der Waals surface area contributed by atoms with Gasteiger partial charge in [0.25, 0.3) is 0 Å². The molecule has 0 amide bonds. The fraction of sp³-hybridized carbons (Fsp3) is 0.100. The van der Waals surface area contributed by atoms with Crippen molar-refractivity contribution in [2.75, 3.05) is 0 Å². The Balaban J connectivity index is 2.39. The van der Waals surface area contributed by atoms with Crippen LogP contribution in [0.4, 0.5) is 4.39 Å². The number of hydrogen-bond acceptors (Lipinski definition) is 3. The Bertz CT molecular complexity index is 439. The van der Waals surface area contributed by atoms with E-state index in [-0.39, 0.29) is 5.82 Å². The number of nitrogens with two attached hydrogens (primary N) is 1. The van der Waals surface area contributed by atoms with Gasteiger partial charge in [0, 0.05) is 11.6 Å². The lowest BCUT2D eigenvalue weighted by atomic mass is 10.1. The van der Waals surface area contributed by atoms with Gasteiger partial charge in [-0.15, -0.1) is 0 Å². The standard InChI is InChI=1S/C10H9FN2O/c11-8-3-1-2-7(4-8)10-5-9(6-12)14-13-10/h1-5H,6,12H2. The Hall–Kier alpha value is -1.68. The quantitative estimate of drug-likeness (QED) is 0.791. The molecule has 0 saturated heterocycles. The van der Waals surface area contributed by atoms with Crippen molar-refractivity contribution in [1.82, 2.24) is 5.16 Å². The fourth-order valence-electron chi connectivity index (χ4n) is 1.19. The van der Waals surface area contributed by atoms with Crippen molar-refractivity contribution in [2.24, 2.45) is 5.73 Å². The van der Waals surface area contributed by atoms with Gasteiger partial charge in [0.05, 0.1) is 6.54 Å². The van der Waals surface area contributed by atoms with Gasteiger partial charge in [-0.3, -0.25) is 0 Å². The second-order valence-electron chi connectivity index (χ2n) is 2.89. The topological polar surface area (TPSA) is 52.0 Å². The molecule has 0 spiro atoms. The van der Waals surface area contributed by atoms with Crippen molar-refractivity contribution in [3.8, 4) is 11.3 Å². The highest BCUT2D eigenvalue weighted by Gasteiger charge is 2.05. The summed E-state index contributed by atoms with van der Waals surface area (Å²) in [5.74, 6) is 0.295. The van der Waals surface area contributed by atoms with Crippen LogP contribution in [0.1, 0.15) is 5.76 Å². The molecule has 0 unspecified atom stereocenters. The summed E-state index contributed by atoms with van der Waals surface area (Å²) in [5, 5.41) is 3.78. The summed E-state index contributed by atoms with van der Waals surface area (Å²) in [7, 11) is 0. The van der Waals surface area contributed by atoms with Gasteiger partial charge in [-0.2, -0.15) is 0 Å². The summed E-state index contributed by atoms with van der Waals surface area (Å²) >= 11 is 0. The smallest absolute Gasteiger partial charge is 0.150 e. The van der Waals surface area contributed by atoms with E-state index < -0.39 is 0 Å². The first-order chi connectivity index (χ1) is 6.79. The number of aromatic nitrogens is 1. The molecule has 1 aromatic carbocycles. The molecule has 0 radical (unpaired) electrons. The first-order valence-corrected chi connectivity index (χ1v) is 4.21. The largest absolute Gasteiger partial charge is 0.359 e. The first-order valence-electron chi connectivity index (χ1n) is 4.21. The maximum Gasteiger partial charge on any atom is 0.150 e. The number of rotatable bonds is 2. The zero-order chi connectivity index (χ0) is 9.97. The van der Waals surface area contributed by atoms with E-state index in [2.05, 4.69) is 5.16 Å². The average molecular weight is 192 g/mol. The average Bonchev–Trinajstić information content (AvgIpc) is 2.66. The van der Waals surface area contributed by atoms with Crippen LogP contribution in [0.15, 0.2) is 34.9 Å². The molecule has 4 heteroatoms. The van der Waals surface area contributed by atoms with Gasteiger partial charge in [0.15, 0.2) is 5.76 Å². The van der Waals surface area contributed by atoms with Gasteiger partial charge >= 0.3 is 0 Å². The summed E-state index contributed by atoms with van der Waals surface area (Å²) in [4.78, 5) is 0. The Morgan fingerprint density at radius 2 is 2.21 bits per heavy atom. The van der Waals surface area contributed by atoms with Crippen molar-refractivity contribution in [1.29, 1.82) is 0 Å². The molecule has 3 nitrogen and oxygen atoms in total. The van der Waals surface area contributed by atoms with Crippen LogP contribution in [-0.4, -0.2) is 5.16 Å². The molecule has 0 atom stereocenters. The Kier molecular flexibility index (Phi) is 2.28. The molecule has 0 aliphatic carbocycles. The van der Waals surface area contributed by atoms with Crippen molar-refractivity contribution in [2.45, 2.75) is 6.54 Å². The minimum atomic E-state index is -0.292. The summed E-state index contributed by atoms with van der Waals surface area (Å²) in [6, 6.07) is 7.88. The number of benzene rings is 1. The predicted molar refractivity (Wildman–Crippen MR) is 49.8 cm³/mol. The summed E-state index contributed by atoms with van der Waals surface area (Å²) in [5.41, 5.74) is 6.65. The van der Waals surface area contributed by atoms with E-state index in [0.29, 0.717) is 23.6 Å². The second kappa shape index (κ2) is 3.59. The van der Waals surface area contributed by atoms with Crippen LogP contribution in [0.5, 0.6) is 0 Å². The Morgan fingerprint density at radius 3 is 2.86 bits per heavy atom. The minimum Gasteiger partial charge on any atom is -0.359 e. The van der Waals surface area contributed by atoms with E-state index in [0.717, 1.165) is 0 Å². The molecule has 0 saturated carbocycles. The monoisotopic (exact) mass is 192 g/mol. The lowest BCUT2D eigenvalue weighted by Gasteiger charge is -1.93. The van der Waals surface area contributed by atoms with Gasteiger partial charge in [0.2, 0.25) is 0 Å². The zero-order valence-corrected chi connectivity index (χ0v) is 7.40. The van der Waals surface area contributed by atoms with Crippen LogP contribution in [0.25, 0.3) is 11.3 Å². The molecule has 2 aromatic rings.